The van der Waals surface area contributed by atoms with E-state index in [0.717, 1.165) is 46.6 Å². The second-order valence-corrected chi connectivity index (χ2v) is 7.85. The standard InChI is InChI=1S/C25H28BrNO4/c1-28-22-10-9-18(14-23(22)29-2)11-12-27-16-20-13-21(26)25(24(15-20)30-3)31-17-19-7-5-4-6-8-19/h4-10,13-15,27H,11-12,16-17H2,1-3H3. The summed E-state index contributed by atoms with van der Waals surface area (Å²) in [5.74, 6) is 2.91. The SMILES string of the molecule is COc1ccc(CCNCc2cc(Br)c(OCc3ccccc3)c(OC)c2)cc1OC. The zero-order chi connectivity index (χ0) is 22.1. The van der Waals surface area contributed by atoms with E-state index in [2.05, 4.69) is 33.4 Å². The van der Waals surface area contributed by atoms with Crippen molar-refractivity contribution in [2.75, 3.05) is 27.9 Å². The molecular weight excluding hydrogens is 458 g/mol. The van der Waals surface area contributed by atoms with Crippen molar-refractivity contribution in [1.82, 2.24) is 5.32 Å². The largest absolute Gasteiger partial charge is 0.493 e. The number of nitrogens with one attached hydrogen (secondary N) is 1. The lowest BCUT2D eigenvalue weighted by molar-refractivity contribution is 0.282. The van der Waals surface area contributed by atoms with Crippen LogP contribution in [0.5, 0.6) is 23.0 Å². The van der Waals surface area contributed by atoms with Crippen molar-refractivity contribution in [3.8, 4) is 23.0 Å². The molecule has 1 N–H and O–H groups in total. The molecule has 0 unspecified atom stereocenters. The summed E-state index contributed by atoms with van der Waals surface area (Å²) in [6, 6.07) is 20.1. The van der Waals surface area contributed by atoms with Crippen LogP contribution in [0.2, 0.25) is 0 Å². The van der Waals surface area contributed by atoms with Gasteiger partial charge in [-0.3, -0.25) is 0 Å². The Morgan fingerprint density at radius 3 is 2.16 bits per heavy atom. The normalized spacial score (nSPS) is 10.6. The Morgan fingerprint density at radius 1 is 0.742 bits per heavy atom. The highest BCUT2D eigenvalue weighted by atomic mass is 79.9. The molecule has 5 nitrogen and oxygen atoms in total. The van der Waals surface area contributed by atoms with Crippen molar-refractivity contribution in [3.63, 3.8) is 0 Å². The molecule has 0 atom stereocenters. The molecule has 0 amide bonds. The van der Waals surface area contributed by atoms with Gasteiger partial charge in [0.05, 0.1) is 25.8 Å². The third-order valence-electron chi connectivity index (χ3n) is 4.88. The molecule has 164 valence electrons. The zero-order valence-electron chi connectivity index (χ0n) is 18.1. The Balaban J connectivity index is 1.56. The number of ether oxygens (including phenoxy) is 4. The van der Waals surface area contributed by atoms with Crippen LogP contribution in [0.25, 0.3) is 0 Å². The lowest BCUT2D eigenvalue weighted by Crippen LogP contribution is -2.17. The van der Waals surface area contributed by atoms with E-state index in [4.69, 9.17) is 18.9 Å². The van der Waals surface area contributed by atoms with Crippen LogP contribution in [0.3, 0.4) is 0 Å². The average Bonchev–Trinajstić information content (AvgIpc) is 2.81. The molecule has 0 aliphatic carbocycles. The molecule has 0 radical (unpaired) electrons. The first-order valence-corrected chi connectivity index (χ1v) is 10.9. The van der Waals surface area contributed by atoms with E-state index >= 15 is 0 Å². The Bertz CT molecular complexity index is 979. The van der Waals surface area contributed by atoms with Gasteiger partial charge in [-0.1, -0.05) is 36.4 Å². The maximum Gasteiger partial charge on any atom is 0.175 e. The van der Waals surface area contributed by atoms with E-state index in [-0.39, 0.29) is 0 Å². The summed E-state index contributed by atoms with van der Waals surface area (Å²) < 4.78 is 23.1. The van der Waals surface area contributed by atoms with Gasteiger partial charge < -0.3 is 24.3 Å². The van der Waals surface area contributed by atoms with E-state index < -0.39 is 0 Å². The van der Waals surface area contributed by atoms with Crippen molar-refractivity contribution in [2.24, 2.45) is 0 Å². The second-order valence-electron chi connectivity index (χ2n) is 7.00. The Labute approximate surface area is 192 Å². The maximum atomic E-state index is 6.01. The molecule has 0 fully saturated rings. The fourth-order valence-corrected chi connectivity index (χ4v) is 3.85. The molecule has 0 aliphatic rings. The number of hydrogen-bond acceptors (Lipinski definition) is 5. The molecular formula is C25H28BrNO4. The van der Waals surface area contributed by atoms with Gasteiger partial charge in [-0.25, -0.2) is 0 Å². The fourth-order valence-electron chi connectivity index (χ4n) is 3.25. The Morgan fingerprint density at radius 2 is 1.45 bits per heavy atom. The van der Waals surface area contributed by atoms with Crippen molar-refractivity contribution < 1.29 is 18.9 Å². The van der Waals surface area contributed by atoms with E-state index in [1.807, 2.05) is 48.5 Å². The van der Waals surface area contributed by atoms with Crippen LogP contribution in [0.1, 0.15) is 16.7 Å². The molecule has 0 spiro atoms. The molecule has 3 aromatic rings. The first kappa shape index (κ1) is 23.0. The summed E-state index contributed by atoms with van der Waals surface area (Å²) in [6.07, 6.45) is 0.886. The summed E-state index contributed by atoms with van der Waals surface area (Å²) in [5, 5.41) is 3.48. The number of hydrogen-bond donors (Lipinski definition) is 1. The minimum atomic E-state index is 0.485. The molecule has 0 heterocycles. The van der Waals surface area contributed by atoms with Crippen molar-refractivity contribution >= 4 is 15.9 Å². The predicted octanol–water partition coefficient (Wildman–Crippen LogP) is 5.39. The van der Waals surface area contributed by atoms with E-state index in [0.29, 0.717) is 18.1 Å². The third kappa shape index (κ3) is 6.39. The smallest absolute Gasteiger partial charge is 0.175 e. The number of benzene rings is 3. The Kier molecular flexibility index (Phi) is 8.62. The molecule has 31 heavy (non-hydrogen) atoms. The summed E-state index contributed by atoms with van der Waals surface area (Å²) in [6.45, 7) is 2.04. The number of halogens is 1. The molecule has 3 aromatic carbocycles. The highest BCUT2D eigenvalue weighted by Gasteiger charge is 2.12. The van der Waals surface area contributed by atoms with Gasteiger partial charge in [0.15, 0.2) is 23.0 Å². The fraction of sp³-hybridized carbons (Fsp3) is 0.280. The number of rotatable bonds is 11. The molecule has 0 saturated carbocycles. The molecule has 0 bridgehead atoms. The van der Waals surface area contributed by atoms with Crippen LogP contribution in [-0.2, 0) is 19.6 Å². The summed E-state index contributed by atoms with van der Waals surface area (Å²) in [5.41, 5.74) is 3.41. The van der Waals surface area contributed by atoms with Gasteiger partial charge in [0.1, 0.15) is 6.61 Å². The van der Waals surface area contributed by atoms with Gasteiger partial charge in [0.25, 0.3) is 0 Å². The Hall–Kier alpha value is -2.70. The summed E-state index contributed by atoms with van der Waals surface area (Å²) >= 11 is 3.63. The van der Waals surface area contributed by atoms with Gasteiger partial charge in [0, 0.05) is 6.54 Å². The first-order valence-electron chi connectivity index (χ1n) is 10.1. The first-order chi connectivity index (χ1) is 15.1. The summed E-state index contributed by atoms with van der Waals surface area (Å²) in [7, 11) is 4.95. The molecule has 3 rings (SSSR count). The average molecular weight is 486 g/mol. The van der Waals surface area contributed by atoms with Crippen LogP contribution < -0.4 is 24.3 Å². The van der Waals surface area contributed by atoms with E-state index in [9.17, 15) is 0 Å². The van der Waals surface area contributed by atoms with Crippen molar-refractivity contribution in [2.45, 2.75) is 19.6 Å². The maximum absolute atomic E-state index is 6.01. The van der Waals surface area contributed by atoms with Gasteiger partial charge in [-0.15, -0.1) is 0 Å². The van der Waals surface area contributed by atoms with E-state index in [1.165, 1.54) is 5.56 Å². The molecule has 0 aromatic heterocycles. The van der Waals surface area contributed by atoms with Crippen molar-refractivity contribution in [1.29, 1.82) is 0 Å². The minimum absolute atomic E-state index is 0.485. The highest BCUT2D eigenvalue weighted by Crippen LogP contribution is 2.37. The minimum Gasteiger partial charge on any atom is -0.493 e. The predicted molar refractivity (Wildman–Crippen MR) is 126 cm³/mol. The number of methoxy groups -OCH3 is 3. The van der Waals surface area contributed by atoms with Crippen LogP contribution in [0.4, 0.5) is 0 Å². The van der Waals surface area contributed by atoms with Gasteiger partial charge in [-0.2, -0.15) is 0 Å². The lowest BCUT2D eigenvalue weighted by atomic mass is 10.1. The lowest BCUT2D eigenvalue weighted by Gasteiger charge is -2.15. The molecule has 6 heteroatoms. The quantitative estimate of drug-likeness (QED) is 0.369. The van der Waals surface area contributed by atoms with Crippen LogP contribution in [0, 0.1) is 0 Å². The zero-order valence-corrected chi connectivity index (χ0v) is 19.7. The van der Waals surface area contributed by atoms with Crippen LogP contribution in [0.15, 0.2) is 65.1 Å². The van der Waals surface area contributed by atoms with Gasteiger partial charge in [-0.05, 0) is 69.9 Å². The highest BCUT2D eigenvalue weighted by molar-refractivity contribution is 9.10. The monoisotopic (exact) mass is 485 g/mol. The van der Waals surface area contributed by atoms with Crippen LogP contribution >= 0.6 is 15.9 Å². The second kappa shape index (κ2) is 11.6. The third-order valence-corrected chi connectivity index (χ3v) is 5.47. The van der Waals surface area contributed by atoms with Crippen molar-refractivity contribution in [3.05, 3.63) is 81.8 Å². The van der Waals surface area contributed by atoms with Crippen LogP contribution in [-0.4, -0.2) is 27.9 Å². The topological polar surface area (TPSA) is 49.0 Å². The van der Waals surface area contributed by atoms with E-state index in [1.54, 1.807) is 21.3 Å². The summed E-state index contributed by atoms with van der Waals surface area (Å²) in [4.78, 5) is 0. The molecule has 0 saturated heterocycles. The molecule has 0 aliphatic heterocycles. The van der Waals surface area contributed by atoms with Gasteiger partial charge >= 0.3 is 0 Å². The van der Waals surface area contributed by atoms with Gasteiger partial charge in [0.2, 0.25) is 0 Å².